The van der Waals surface area contributed by atoms with Crippen molar-refractivity contribution in [1.82, 2.24) is 9.97 Å². The number of aryl methyl sites for hydroxylation is 1. The van der Waals surface area contributed by atoms with E-state index in [4.69, 9.17) is 0 Å². The van der Waals surface area contributed by atoms with Crippen LogP contribution in [-0.4, -0.2) is 15.9 Å². The fourth-order valence-corrected chi connectivity index (χ4v) is 4.19. The van der Waals surface area contributed by atoms with Crippen LogP contribution in [-0.2, 0) is 12.0 Å². The van der Waals surface area contributed by atoms with E-state index in [1.165, 1.54) is 0 Å². The lowest BCUT2D eigenvalue weighted by Gasteiger charge is -2.17. The molecule has 2 N–H and O–H groups in total. The van der Waals surface area contributed by atoms with Crippen molar-refractivity contribution in [3.05, 3.63) is 82.5 Å². The van der Waals surface area contributed by atoms with Crippen molar-refractivity contribution in [2.75, 3.05) is 10.6 Å². The Morgan fingerprint density at radius 2 is 1.94 bits per heavy atom. The first-order valence-electron chi connectivity index (χ1n) is 10.2. The zero-order chi connectivity index (χ0) is 22.7. The van der Waals surface area contributed by atoms with Gasteiger partial charge in [-0.3, -0.25) is 9.78 Å². The number of carbonyl (C=O) groups is 1. The first-order valence-corrected chi connectivity index (χ1v) is 11.0. The SMILES string of the molecule is Cc1ccc(NC(=O)c2cccc(C(C)(C)C#N)c2)cc1NCc1cc2nccnc2s1. The third kappa shape index (κ3) is 4.61. The highest BCUT2D eigenvalue weighted by Crippen LogP contribution is 2.26. The summed E-state index contributed by atoms with van der Waals surface area (Å²) in [6, 6.07) is 17.3. The molecule has 32 heavy (non-hydrogen) atoms. The van der Waals surface area contributed by atoms with Gasteiger partial charge in [0.1, 0.15) is 10.3 Å². The molecule has 4 aromatic rings. The van der Waals surface area contributed by atoms with Crippen molar-refractivity contribution >= 4 is 39.0 Å². The number of nitrogens with zero attached hydrogens (tertiary/aromatic N) is 3. The molecule has 0 spiro atoms. The van der Waals surface area contributed by atoms with E-state index in [9.17, 15) is 10.1 Å². The van der Waals surface area contributed by atoms with Crippen molar-refractivity contribution in [3.63, 3.8) is 0 Å². The second kappa shape index (κ2) is 8.77. The fraction of sp³-hybridized carbons (Fsp3) is 0.200. The lowest BCUT2D eigenvalue weighted by atomic mass is 9.85. The third-order valence-corrected chi connectivity index (χ3v) is 6.32. The Balaban J connectivity index is 1.48. The normalized spacial score (nSPS) is 11.2. The van der Waals surface area contributed by atoms with Crippen LogP contribution in [0.5, 0.6) is 0 Å². The Bertz CT molecular complexity index is 1300. The molecule has 160 valence electrons. The maximum Gasteiger partial charge on any atom is 0.255 e. The highest BCUT2D eigenvalue weighted by molar-refractivity contribution is 7.18. The molecule has 0 bridgehead atoms. The van der Waals surface area contributed by atoms with E-state index in [2.05, 4.69) is 26.7 Å². The maximum atomic E-state index is 12.8. The van der Waals surface area contributed by atoms with Gasteiger partial charge in [0.05, 0.1) is 11.5 Å². The Kier molecular flexibility index (Phi) is 5.89. The average Bonchev–Trinajstić information content (AvgIpc) is 3.22. The van der Waals surface area contributed by atoms with E-state index in [1.807, 2.05) is 51.1 Å². The summed E-state index contributed by atoms with van der Waals surface area (Å²) in [6.45, 7) is 6.34. The van der Waals surface area contributed by atoms with Gasteiger partial charge < -0.3 is 10.6 Å². The molecule has 2 heterocycles. The van der Waals surface area contributed by atoms with Gasteiger partial charge in [-0.05, 0) is 62.2 Å². The summed E-state index contributed by atoms with van der Waals surface area (Å²) in [5.41, 5.74) is 4.30. The number of thiophene rings is 1. The molecule has 0 aliphatic rings. The first kappa shape index (κ1) is 21.5. The van der Waals surface area contributed by atoms with E-state index in [1.54, 1.807) is 41.9 Å². The molecule has 0 unspecified atom stereocenters. The van der Waals surface area contributed by atoms with Crippen molar-refractivity contribution < 1.29 is 4.79 Å². The van der Waals surface area contributed by atoms with Crippen molar-refractivity contribution in [2.24, 2.45) is 0 Å². The molecule has 4 rings (SSSR count). The van der Waals surface area contributed by atoms with E-state index in [0.29, 0.717) is 17.8 Å². The van der Waals surface area contributed by atoms with E-state index < -0.39 is 5.41 Å². The zero-order valence-electron chi connectivity index (χ0n) is 18.1. The van der Waals surface area contributed by atoms with Gasteiger partial charge in [0.15, 0.2) is 0 Å². The van der Waals surface area contributed by atoms with Gasteiger partial charge in [0, 0.05) is 40.8 Å². The molecule has 0 fully saturated rings. The standard InChI is InChI=1S/C25H23N5OS/c1-16-7-8-19(30-23(31)17-5-4-6-18(11-17)25(2,3)15-26)12-21(16)29-14-20-13-22-24(32-20)28-10-9-27-22/h4-13,29H,14H2,1-3H3,(H,30,31). The van der Waals surface area contributed by atoms with Crippen LogP contribution in [0.1, 0.15) is 40.2 Å². The van der Waals surface area contributed by atoms with Gasteiger partial charge in [0.25, 0.3) is 5.91 Å². The summed E-state index contributed by atoms with van der Waals surface area (Å²) >= 11 is 1.61. The molecule has 2 aromatic carbocycles. The van der Waals surface area contributed by atoms with Crippen LogP contribution in [0.4, 0.5) is 11.4 Å². The van der Waals surface area contributed by atoms with Crippen LogP contribution in [0, 0.1) is 18.3 Å². The Labute approximate surface area is 191 Å². The first-order chi connectivity index (χ1) is 15.4. The van der Waals surface area contributed by atoms with Crippen LogP contribution in [0.25, 0.3) is 10.3 Å². The van der Waals surface area contributed by atoms with E-state index in [-0.39, 0.29) is 5.91 Å². The summed E-state index contributed by atoms with van der Waals surface area (Å²) in [4.78, 5) is 23.6. The van der Waals surface area contributed by atoms with Gasteiger partial charge in [-0.2, -0.15) is 5.26 Å². The molecular weight excluding hydrogens is 418 g/mol. The molecular formula is C25H23N5OS. The number of hydrogen-bond acceptors (Lipinski definition) is 6. The second-order valence-corrected chi connectivity index (χ2v) is 9.23. The molecule has 0 saturated carbocycles. The topological polar surface area (TPSA) is 90.7 Å². The molecule has 0 aliphatic heterocycles. The number of anilines is 2. The van der Waals surface area contributed by atoms with Gasteiger partial charge >= 0.3 is 0 Å². The number of aromatic nitrogens is 2. The van der Waals surface area contributed by atoms with Gasteiger partial charge in [-0.25, -0.2) is 4.98 Å². The van der Waals surface area contributed by atoms with Crippen LogP contribution in [0.3, 0.4) is 0 Å². The number of fused-ring (bicyclic) bond motifs is 1. The third-order valence-electron chi connectivity index (χ3n) is 5.29. The minimum absolute atomic E-state index is 0.211. The van der Waals surface area contributed by atoms with Gasteiger partial charge in [-0.15, -0.1) is 11.3 Å². The molecule has 6 nitrogen and oxygen atoms in total. The fourth-order valence-electron chi connectivity index (χ4n) is 3.30. The lowest BCUT2D eigenvalue weighted by Crippen LogP contribution is -2.17. The summed E-state index contributed by atoms with van der Waals surface area (Å²) in [5.74, 6) is -0.211. The number of benzene rings is 2. The second-order valence-electron chi connectivity index (χ2n) is 8.11. The maximum absolute atomic E-state index is 12.8. The van der Waals surface area contributed by atoms with E-state index >= 15 is 0 Å². The van der Waals surface area contributed by atoms with Crippen LogP contribution < -0.4 is 10.6 Å². The minimum Gasteiger partial charge on any atom is -0.380 e. The monoisotopic (exact) mass is 441 g/mol. The van der Waals surface area contributed by atoms with E-state index in [0.717, 1.165) is 32.0 Å². The molecule has 0 saturated heterocycles. The quantitative estimate of drug-likeness (QED) is 0.403. The summed E-state index contributed by atoms with van der Waals surface area (Å²) in [6.07, 6.45) is 3.39. The molecule has 7 heteroatoms. The summed E-state index contributed by atoms with van der Waals surface area (Å²) in [5, 5.41) is 15.8. The number of hydrogen-bond donors (Lipinski definition) is 2. The Morgan fingerprint density at radius 1 is 1.12 bits per heavy atom. The van der Waals surface area contributed by atoms with Gasteiger partial charge in [-0.1, -0.05) is 18.2 Å². The van der Waals surface area contributed by atoms with Crippen molar-refractivity contribution in [2.45, 2.75) is 32.7 Å². The number of nitriles is 1. The smallest absolute Gasteiger partial charge is 0.255 e. The Morgan fingerprint density at radius 3 is 2.72 bits per heavy atom. The lowest BCUT2D eigenvalue weighted by molar-refractivity contribution is 0.102. The zero-order valence-corrected chi connectivity index (χ0v) is 19.0. The number of rotatable bonds is 6. The number of amides is 1. The highest BCUT2D eigenvalue weighted by atomic mass is 32.1. The Hall–Kier alpha value is -3.76. The minimum atomic E-state index is -0.658. The average molecular weight is 442 g/mol. The van der Waals surface area contributed by atoms with Crippen molar-refractivity contribution in [3.8, 4) is 6.07 Å². The molecule has 2 aromatic heterocycles. The largest absolute Gasteiger partial charge is 0.380 e. The summed E-state index contributed by atoms with van der Waals surface area (Å²) < 4.78 is 0. The van der Waals surface area contributed by atoms with Crippen LogP contribution in [0.15, 0.2) is 60.9 Å². The predicted molar refractivity (Wildman–Crippen MR) is 129 cm³/mol. The molecule has 1 amide bonds. The predicted octanol–water partition coefficient (Wildman–Crippen LogP) is 5.67. The summed E-state index contributed by atoms with van der Waals surface area (Å²) in [7, 11) is 0. The van der Waals surface area contributed by atoms with Crippen LogP contribution in [0.2, 0.25) is 0 Å². The molecule has 0 aliphatic carbocycles. The van der Waals surface area contributed by atoms with Gasteiger partial charge in [0.2, 0.25) is 0 Å². The van der Waals surface area contributed by atoms with Crippen LogP contribution >= 0.6 is 11.3 Å². The highest BCUT2D eigenvalue weighted by Gasteiger charge is 2.21. The number of nitrogens with one attached hydrogen (secondary N) is 2. The number of carbonyl (C=O) groups excluding carboxylic acids is 1. The molecule has 0 radical (unpaired) electrons. The molecule has 0 atom stereocenters. The van der Waals surface area contributed by atoms with Crippen molar-refractivity contribution in [1.29, 1.82) is 5.26 Å².